The van der Waals surface area contributed by atoms with Crippen LogP contribution in [-0.4, -0.2) is 32.3 Å². The largest absolute Gasteiger partial charge is 0.378 e. The molecule has 1 aliphatic rings. The lowest BCUT2D eigenvalue weighted by atomic mass is 10.1. The number of hydrogen-bond donors (Lipinski definition) is 3. The number of amides is 1. The van der Waals surface area contributed by atoms with Crippen LogP contribution in [0.15, 0.2) is 24.3 Å². The van der Waals surface area contributed by atoms with Crippen molar-refractivity contribution in [1.82, 2.24) is 10.6 Å². The van der Waals surface area contributed by atoms with Gasteiger partial charge in [-0.2, -0.15) is 0 Å². The van der Waals surface area contributed by atoms with E-state index in [2.05, 4.69) is 39.9 Å². The average molecular weight is 276 g/mol. The van der Waals surface area contributed by atoms with Crippen LogP contribution < -0.4 is 20.9 Å². The lowest BCUT2D eigenvalue weighted by Gasteiger charge is -2.32. The number of nitrogens with one attached hydrogen (secondary N) is 3. The number of hydrogen-bond acceptors (Lipinski definition) is 4. The summed E-state index contributed by atoms with van der Waals surface area (Å²) >= 11 is 0. The van der Waals surface area contributed by atoms with E-state index in [0.29, 0.717) is 6.42 Å². The van der Waals surface area contributed by atoms with Gasteiger partial charge in [0.05, 0.1) is 0 Å². The normalized spacial score (nSPS) is 22.2. The first-order chi connectivity index (χ1) is 9.58. The van der Waals surface area contributed by atoms with Gasteiger partial charge in [0.25, 0.3) is 0 Å². The van der Waals surface area contributed by atoms with E-state index in [-0.39, 0.29) is 18.2 Å². The molecule has 0 spiro atoms. The highest BCUT2D eigenvalue weighted by atomic mass is 16.2. The van der Waals surface area contributed by atoms with E-state index < -0.39 is 0 Å². The molecule has 2 rings (SSSR count). The molecule has 5 heteroatoms. The van der Waals surface area contributed by atoms with Gasteiger partial charge in [0.2, 0.25) is 5.91 Å². The molecule has 1 heterocycles. The molecule has 2 unspecified atom stereocenters. The first kappa shape index (κ1) is 14.7. The molecule has 1 amide bonds. The van der Waals surface area contributed by atoms with Crippen molar-refractivity contribution in [3.8, 4) is 0 Å². The third-order valence-electron chi connectivity index (χ3n) is 3.47. The number of anilines is 2. The Kier molecular flexibility index (Phi) is 4.84. The van der Waals surface area contributed by atoms with Crippen molar-refractivity contribution in [2.75, 3.05) is 24.3 Å². The van der Waals surface area contributed by atoms with Crippen LogP contribution in [0, 0.1) is 0 Å². The second-order valence-corrected chi connectivity index (χ2v) is 5.44. The fourth-order valence-electron chi connectivity index (χ4n) is 2.41. The van der Waals surface area contributed by atoms with E-state index >= 15 is 0 Å². The van der Waals surface area contributed by atoms with Gasteiger partial charge >= 0.3 is 0 Å². The van der Waals surface area contributed by atoms with Gasteiger partial charge in [-0.25, -0.2) is 0 Å². The fourth-order valence-corrected chi connectivity index (χ4v) is 2.41. The maximum atomic E-state index is 11.7. The minimum atomic E-state index is -0.196. The number of nitrogens with zero attached hydrogens (tertiary/aromatic N) is 1. The summed E-state index contributed by atoms with van der Waals surface area (Å²) in [4.78, 5) is 13.8. The molecule has 20 heavy (non-hydrogen) atoms. The van der Waals surface area contributed by atoms with Crippen LogP contribution >= 0.6 is 0 Å². The Morgan fingerprint density at radius 1 is 1.30 bits per heavy atom. The molecule has 0 bridgehead atoms. The van der Waals surface area contributed by atoms with Gasteiger partial charge in [-0.05, 0) is 30.7 Å². The molecular formula is C15H24N4O. The molecule has 3 N–H and O–H groups in total. The van der Waals surface area contributed by atoms with Crippen molar-refractivity contribution in [1.29, 1.82) is 0 Å². The van der Waals surface area contributed by atoms with Crippen molar-refractivity contribution in [3.63, 3.8) is 0 Å². The molecule has 0 aliphatic carbocycles. The lowest BCUT2D eigenvalue weighted by Crippen LogP contribution is -2.59. The molecule has 5 nitrogen and oxygen atoms in total. The summed E-state index contributed by atoms with van der Waals surface area (Å²) in [5.74, 6) is 0.101. The SMILES string of the molecule is CCCC1CC(=O)NC(Nc2ccc(N(C)C)cc2)N1. The molecule has 1 saturated heterocycles. The number of carbonyl (C=O) groups is 1. The van der Waals surface area contributed by atoms with Crippen molar-refractivity contribution in [3.05, 3.63) is 24.3 Å². The summed E-state index contributed by atoms with van der Waals surface area (Å²) in [6.45, 7) is 2.14. The third-order valence-corrected chi connectivity index (χ3v) is 3.47. The van der Waals surface area contributed by atoms with Gasteiger partial charge in [-0.3, -0.25) is 10.1 Å². The van der Waals surface area contributed by atoms with E-state index in [1.165, 1.54) is 0 Å². The summed E-state index contributed by atoms with van der Waals surface area (Å²) in [6.07, 6.45) is 2.46. The predicted octanol–water partition coefficient (Wildman–Crippen LogP) is 1.73. The maximum absolute atomic E-state index is 11.7. The zero-order valence-electron chi connectivity index (χ0n) is 12.4. The summed E-state index contributed by atoms with van der Waals surface area (Å²) in [5.41, 5.74) is 2.14. The van der Waals surface area contributed by atoms with Crippen molar-refractivity contribution in [2.24, 2.45) is 0 Å². The first-order valence-corrected chi connectivity index (χ1v) is 7.18. The minimum Gasteiger partial charge on any atom is -0.378 e. The Morgan fingerprint density at radius 2 is 2.00 bits per heavy atom. The standard InChI is InChI=1S/C15H24N4O/c1-4-5-12-10-14(20)18-15(17-12)16-11-6-8-13(9-7-11)19(2)3/h6-9,12,15-17H,4-5,10H2,1-3H3,(H,18,20). The second-order valence-electron chi connectivity index (χ2n) is 5.44. The quantitative estimate of drug-likeness (QED) is 0.766. The van der Waals surface area contributed by atoms with Gasteiger partial charge in [0.1, 0.15) is 0 Å². The van der Waals surface area contributed by atoms with Crippen LogP contribution in [0.3, 0.4) is 0 Å². The molecule has 1 aromatic rings. The zero-order chi connectivity index (χ0) is 14.5. The predicted molar refractivity (Wildman–Crippen MR) is 82.8 cm³/mol. The highest BCUT2D eigenvalue weighted by molar-refractivity contribution is 5.78. The van der Waals surface area contributed by atoms with E-state index in [1.54, 1.807) is 0 Å². The van der Waals surface area contributed by atoms with Crippen molar-refractivity contribution >= 4 is 17.3 Å². The third kappa shape index (κ3) is 3.87. The average Bonchev–Trinajstić information content (AvgIpc) is 2.39. The highest BCUT2D eigenvalue weighted by Gasteiger charge is 2.24. The summed E-state index contributed by atoms with van der Waals surface area (Å²) in [5, 5.41) is 9.64. The first-order valence-electron chi connectivity index (χ1n) is 7.18. The zero-order valence-corrected chi connectivity index (χ0v) is 12.4. The highest BCUT2D eigenvalue weighted by Crippen LogP contribution is 2.16. The van der Waals surface area contributed by atoms with Crippen LogP contribution in [0.25, 0.3) is 0 Å². The Bertz CT molecular complexity index is 444. The summed E-state index contributed by atoms with van der Waals surface area (Å²) in [6, 6.07) is 8.40. The number of benzene rings is 1. The second kappa shape index (κ2) is 6.61. The topological polar surface area (TPSA) is 56.4 Å². The monoisotopic (exact) mass is 276 g/mol. The summed E-state index contributed by atoms with van der Waals surface area (Å²) < 4.78 is 0. The molecular weight excluding hydrogens is 252 g/mol. The van der Waals surface area contributed by atoms with Gasteiger partial charge < -0.3 is 15.5 Å². The van der Waals surface area contributed by atoms with Crippen LogP contribution in [-0.2, 0) is 4.79 Å². The fraction of sp³-hybridized carbons (Fsp3) is 0.533. The van der Waals surface area contributed by atoms with Crippen LogP contribution in [0.5, 0.6) is 0 Å². The van der Waals surface area contributed by atoms with E-state index in [9.17, 15) is 4.79 Å². The maximum Gasteiger partial charge on any atom is 0.224 e. The van der Waals surface area contributed by atoms with E-state index in [4.69, 9.17) is 0 Å². The van der Waals surface area contributed by atoms with Crippen LogP contribution in [0.2, 0.25) is 0 Å². The lowest BCUT2D eigenvalue weighted by molar-refractivity contribution is -0.124. The molecule has 0 radical (unpaired) electrons. The van der Waals surface area contributed by atoms with Gasteiger partial charge in [0, 0.05) is 37.9 Å². The Hall–Kier alpha value is -1.75. The smallest absolute Gasteiger partial charge is 0.224 e. The Labute approximate surface area is 120 Å². The van der Waals surface area contributed by atoms with Gasteiger partial charge in [0.15, 0.2) is 6.29 Å². The Morgan fingerprint density at radius 3 is 2.60 bits per heavy atom. The van der Waals surface area contributed by atoms with Crippen LogP contribution in [0.4, 0.5) is 11.4 Å². The molecule has 1 aromatic carbocycles. The molecule has 110 valence electrons. The molecule has 0 saturated carbocycles. The molecule has 1 fully saturated rings. The van der Waals surface area contributed by atoms with E-state index in [0.717, 1.165) is 24.2 Å². The molecule has 2 atom stereocenters. The Balaban J connectivity index is 1.96. The number of rotatable bonds is 5. The van der Waals surface area contributed by atoms with Crippen molar-refractivity contribution in [2.45, 2.75) is 38.5 Å². The molecule has 0 aromatic heterocycles. The van der Waals surface area contributed by atoms with Crippen LogP contribution in [0.1, 0.15) is 26.2 Å². The molecule has 1 aliphatic heterocycles. The summed E-state index contributed by atoms with van der Waals surface area (Å²) in [7, 11) is 4.03. The van der Waals surface area contributed by atoms with Crippen molar-refractivity contribution < 1.29 is 4.79 Å². The van der Waals surface area contributed by atoms with E-state index in [1.807, 2.05) is 26.2 Å². The minimum absolute atomic E-state index is 0.101. The van der Waals surface area contributed by atoms with Gasteiger partial charge in [-0.1, -0.05) is 13.3 Å². The number of carbonyl (C=O) groups excluding carboxylic acids is 1. The van der Waals surface area contributed by atoms with Gasteiger partial charge in [-0.15, -0.1) is 0 Å².